The van der Waals surface area contributed by atoms with E-state index in [2.05, 4.69) is 18.9 Å². The van der Waals surface area contributed by atoms with Crippen LogP contribution in [0, 0.1) is 5.82 Å². The van der Waals surface area contributed by atoms with E-state index in [0.29, 0.717) is 22.7 Å². The molecule has 0 bridgehead atoms. The van der Waals surface area contributed by atoms with Crippen LogP contribution < -0.4 is 0 Å². The Morgan fingerprint density at radius 1 is 1.33 bits per heavy atom. The number of rotatable bonds is 2. The van der Waals surface area contributed by atoms with Crippen LogP contribution in [0.5, 0.6) is 0 Å². The number of hydrogen-bond acceptors (Lipinski definition) is 2. The molecule has 0 amide bonds. The van der Waals surface area contributed by atoms with Gasteiger partial charge in [-0.1, -0.05) is 17.7 Å². The second-order valence-corrected chi connectivity index (χ2v) is 5.30. The molecule has 0 aliphatic carbocycles. The molecule has 1 aliphatic heterocycles. The van der Waals surface area contributed by atoms with Crippen LogP contribution in [0.2, 0.25) is 5.02 Å². The maximum absolute atomic E-state index is 13.6. The van der Waals surface area contributed by atoms with Crippen molar-refractivity contribution in [3.63, 3.8) is 0 Å². The number of piperidine rings is 1. The van der Waals surface area contributed by atoms with Crippen LogP contribution in [-0.4, -0.2) is 23.3 Å². The van der Waals surface area contributed by atoms with E-state index in [9.17, 15) is 4.39 Å². The molecule has 0 aromatic heterocycles. The van der Waals surface area contributed by atoms with Gasteiger partial charge in [-0.15, -0.1) is 0 Å². The fraction of sp³-hybridized carbons (Fsp3) is 0.500. The Labute approximate surface area is 112 Å². The van der Waals surface area contributed by atoms with Crippen molar-refractivity contribution in [2.45, 2.75) is 45.2 Å². The van der Waals surface area contributed by atoms with Gasteiger partial charge in [0.2, 0.25) is 0 Å². The fourth-order valence-electron chi connectivity index (χ4n) is 2.39. The first-order chi connectivity index (χ1) is 8.59. The standard InChI is InChI=1S/C14H18ClFN2/c1-10-5-3-6-11(2)18(10)17-9-12-13(15)7-4-8-14(12)16/h4,7-11H,3,5-6H2,1-2H3/b17-9-/t10-,11-/m0/s1. The summed E-state index contributed by atoms with van der Waals surface area (Å²) in [6.45, 7) is 4.30. The van der Waals surface area contributed by atoms with Crippen LogP contribution in [0.25, 0.3) is 0 Å². The van der Waals surface area contributed by atoms with Gasteiger partial charge in [0.05, 0.1) is 11.2 Å². The number of halogens is 2. The minimum Gasteiger partial charge on any atom is -0.292 e. The second kappa shape index (κ2) is 5.70. The van der Waals surface area contributed by atoms with Gasteiger partial charge in [0, 0.05) is 17.6 Å². The van der Waals surface area contributed by atoms with Crippen molar-refractivity contribution in [1.82, 2.24) is 5.01 Å². The van der Waals surface area contributed by atoms with Crippen molar-refractivity contribution >= 4 is 17.8 Å². The first-order valence-electron chi connectivity index (χ1n) is 6.36. The highest BCUT2D eigenvalue weighted by molar-refractivity contribution is 6.33. The molecule has 1 heterocycles. The normalized spacial score (nSPS) is 24.8. The zero-order valence-electron chi connectivity index (χ0n) is 10.7. The van der Waals surface area contributed by atoms with E-state index in [1.54, 1.807) is 12.1 Å². The van der Waals surface area contributed by atoms with E-state index in [0.717, 1.165) is 12.8 Å². The van der Waals surface area contributed by atoms with E-state index < -0.39 is 0 Å². The summed E-state index contributed by atoms with van der Waals surface area (Å²) in [5.41, 5.74) is 0.365. The molecular weight excluding hydrogens is 251 g/mol. The van der Waals surface area contributed by atoms with Crippen molar-refractivity contribution in [2.75, 3.05) is 0 Å². The number of benzene rings is 1. The highest BCUT2D eigenvalue weighted by Crippen LogP contribution is 2.23. The second-order valence-electron chi connectivity index (χ2n) is 4.89. The van der Waals surface area contributed by atoms with Crippen molar-refractivity contribution < 1.29 is 4.39 Å². The van der Waals surface area contributed by atoms with Crippen LogP contribution in [-0.2, 0) is 0 Å². The molecule has 2 rings (SSSR count). The molecule has 2 atom stereocenters. The Hall–Kier alpha value is -1.09. The Morgan fingerprint density at radius 2 is 2.00 bits per heavy atom. The molecule has 98 valence electrons. The number of hydrazone groups is 1. The van der Waals surface area contributed by atoms with Crippen LogP contribution in [0.1, 0.15) is 38.7 Å². The van der Waals surface area contributed by atoms with Gasteiger partial charge in [-0.05, 0) is 45.2 Å². The van der Waals surface area contributed by atoms with Gasteiger partial charge in [0.25, 0.3) is 0 Å². The topological polar surface area (TPSA) is 15.6 Å². The number of hydrogen-bond donors (Lipinski definition) is 0. The van der Waals surface area contributed by atoms with Crippen LogP contribution >= 0.6 is 11.6 Å². The minimum atomic E-state index is -0.330. The summed E-state index contributed by atoms with van der Waals surface area (Å²) in [5, 5.41) is 6.87. The van der Waals surface area contributed by atoms with Crippen LogP contribution in [0.3, 0.4) is 0 Å². The predicted molar refractivity (Wildman–Crippen MR) is 73.6 cm³/mol. The largest absolute Gasteiger partial charge is 0.292 e. The molecule has 2 nitrogen and oxygen atoms in total. The lowest BCUT2D eigenvalue weighted by Gasteiger charge is -2.36. The quantitative estimate of drug-likeness (QED) is 0.738. The highest BCUT2D eigenvalue weighted by Gasteiger charge is 2.22. The van der Waals surface area contributed by atoms with Crippen LogP contribution in [0.15, 0.2) is 23.3 Å². The summed E-state index contributed by atoms with van der Waals surface area (Å²) in [5.74, 6) is -0.330. The fourth-order valence-corrected chi connectivity index (χ4v) is 2.61. The van der Waals surface area contributed by atoms with Gasteiger partial charge in [-0.25, -0.2) is 4.39 Å². The Bertz CT molecular complexity index is 417. The Balaban J connectivity index is 2.19. The molecule has 18 heavy (non-hydrogen) atoms. The van der Waals surface area contributed by atoms with E-state index in [4.69, 9.17) is 11.6 Å². The maximum Gasteiger partial charge on any atom is 0.133 e. The first-order valence-corrected chi connectivity index (χ1v) is 6.73. The van der Waals surface area contributed by atoms with E-state index in [-0.39, 0.29) is 5.82 Å². The van der Waals surface area contributed by atoms with Crippen molar-refractivity contribution in [1.29, 1.82) is 0 Å². The van der Waals surface area contributed by atoms with Crippen molar-refractivity contribution in [3.8, 4) is 0 Å². The van der Waals surface area contributed by atoms with Gasteiger partial charge in [-0.3, -0.25) is 5.01 Å². The van der Waals surface area contributed by atoms with Gasteiger partial charge >= 0.3 is 0 Å². The third-order valence-corrected chi connectivity index (χ3v) is 3.80. The monoisotopic (exact) mass is 268 g/mol. The zero-order valence-corrected chi connectivity index (χ0v) is 11.5. The van der Waals surface area contributed by atoms with Gasteiger partial charge in [-0.2, -0.15) is 5.10 Å². The summed E-state index contributed by atoms with van der Waals surface area (Å²) in [6, 6.07) is 5.47. The molecule has 1 aromatic carbocycles. The first kappa shape index (κ1) is 13.3. The molecular formula is C14H18ClFN2. The van der Waals surface area contributed by atoms with Gasteiger partial charge in [0.1, 0.15) is 5.82 Å². The Morgan fingerprint density at radius 3 is 2.61 bits per heavy atom. The molecule has 0 spiro atoms. The average molecular weight is 269 g/mol. The van der Waals surface area contributed by atoms with Gasteiger partial charge < -0.3 is 0 Å². The predicted octanol–water partition coefficient (Wildman–Crippen LogP) is 4.08. The maximum atomic E-state index is 13.6. The third-order valence-electron chi connectivity index (χ3n) is 3.47. The molecule has 1 aliphatic rings. The molecule has 1 fully saturated rings. The lowest BCUT2D eigenvalue weighted by Crippen LogP contribution is -2.39. The minimum absolute atomic E-state index is 0.330. The molecule has 0 unspecified atom stereocenters. The zero-order chi connectivity index (χ0) is 13.1. The average Bonchev–Trinajstić information content (AvgIpc) is 2.31. The summed E-state index contributed by atoms with van der Waals surface area (Å²) >= 11 is 5.97. The van der Waals surface area contributed by atoms with Gasteiger partial charge in [0.15, 0.2) is 0 Å². The third kappa shape index (κ3) is 2.83. The molecule has 4 heteroatoms. The summed E-state index contributed by atoms with van der Waals surface area (Å²) in [4.78, 5) is 0. The number of nitrogens with zero attached hydrogens (tertiary/aromatic N) is 2. The molecule has 0 saturated carbocycles. The molecule has 1 aromatic rings. The molecule has 0 radical (unpaired) electrons. The Kier molecular flexibility index (Phi) is 4.23. The molecule has 0 N–H and O–H groups in total. The summed E-state index contributed by atoms with van der Waals surface area (Å²) < 4.78 is 13.6. The highest BCUT2D eigenvalue weighted by atomic mass is 35.5. The van der Waals surface area contributed by atoms with E-state index in [1.165, 1.54) is 18.7 Å². The lowest BCUT2D eigenvalue weighted by atomic mass is 10.00. The van der Waals surface area contributed by atoms with Crippen molar-refractivity contribution in [2.24, 2.45) is 5.10 Å². The molecule has 1 saturated heterocycles. The van der Waals surface area contributed by atoms with E-state index >= 15 is 0 Å². The SMILES string of the molecule is C[C@H]1CCC[C@H](C)N1/N=C\c1c(F)cccc1Cl. The van der Waals surface area contributed by atoms with E-state index in [1.807, 2.05) is 5.01 Å². The summed E-state index contributed by atoms with van der Waals surface area (Å²) in [6.07, 6.45) is 5.03. The smallest absolute Gasteiger partial charge is 0.133 e. The lowest BCUT2D eigenvalue weighted by molar-refractivity contribution is 0.109. The van der Waals surface area contributed by atoms with Crippen LogP contribution in [0.4, 0.5) is 4.39 Å². The van der Waals surface area contributed by atoms with Crippen molar-refractivity contribution in [3.05, 3.63) is 34.6 Å². The summed E-state index contributed by atoms with van der Waals surface area (Å²) in [7, 11) is 0.